The zero-order valence-electron chi connectivity index (χ0n) is 18.1. The second-order valence-corrected chi connectivity index (χ2v) is 7.29. The summed E-state index contributed by atoms with van der Waals surface area (Å²) in [6.45, 7) is 1.88. The topological polar surface area (TPSA) is 108 Å². The molecule has 168 valence electrons. The van der Waals surface area contributed by atoms with E-state index in [0.717, 1.165) is 11.1 Å². The van der Waals surface area contributed by atoms with Crippen LogP contribution in [-0.2, 0) is 4.79 Å². The van der Waals surface area contributed by atoms with Crippen molar-refractivity contribution in [2.75, 3.05) is 5.32 Å². The number of allylic oxidation sites excluding steroid dienone is 1. The van der Waals surface area contributed by atoms with Gasteiger partial charge in [0.2, 0.25) is 5.91 Å². The Labute approximate surface area is 192 Å². The minimum absolute atomic E-state index is 0.0143. The van der Waals surface area contributed by atoms with E-state index in [9.17, 15) is 14.4 Å². The number of hydrogen-bond acceptors (Lipinski definition) is 4. The van der Waals surface area contributed by atoms with Crippen LogP contribution in [0.25, 0.3) is 6.08 Å². The third kappa shape index (κ3) is 6.38. The van der Waals surface area contributed by atoms with Crippen molar-refractivity contribution in [1.82, 2.24) is 10.8 Å². The highest BCUT2D eigenvalue weighted by molar-refractivity contribution is 5.99. The number of hydroxylamine groups is 1. The lowest BCUT2D eigenvalue weighted by atomic mass is 10.0. The summed E-state index contributed by atoms with van der Waals surface area (Å²) in [5.41, 5.74) is 4.42. The highest BCUT2D eigenvalue weighted by Crippen LogP contribution is 2.20. The monoisotopic (exact) mass is 443 g/mol. The summed E-state index contributed by atoms with van der Waals surface area (Å²) in [5.74, 6) is -1.21. The van der Waals surface area contributed by atoms with Crippen LogP contribution in [0.1, 0.15) is 51.2 Å². The summed E-state index contributed by atoms with van der Waals surface area (Å²) in [6, 6.07) is 22.1. The molecule has 3 aromatic carbocycles. The minimum Gasteiger partial charge on any atom is -0.345 e. The lowest BCUT2D eigenvalue weighted by Crippen LogP contribution is -2.32. The van der Waals surface area contributed by atoms with Gasteiger partial charge in [-0.15, -0.1) is 0 Å². The number of anilines is 1. The van der Waals surface area contributed by atoms with Gasteiger partial charge in [0.05, 0.1) is 12.5 Å². The zero-order chi connectivity index (χ0) is 23.6. The number of benzene rings is 3. The van der Waals surface area contributed by atoms with Gasteiger partial charge in [-0.3, -0.25) is 19.6 Å². The van der Waals surface area contributed by atoms with Crippen LogP contribution in [-0.4, -0.2) is 22.9 Å². The van der Waals surface area contributed by atoms with Gasteiger partial charge in [0.1, 0.15) is 0 Å². The predicted molar refractivity (Wildman–Crippen MR) is 127 cm³/mol. The minimum atomic E-state index is -0.641. The number of hydrogen-bond donors (Lipinski definition) is 4. The Morgan fingerprint density at radius 3 is 2.21 bits per heavy atom. The molecule has 0 aliphatic rings. The molecule has 0 spiro atoms. The van der Waals surface area contributed by atoms with Crippen molar-refractivity contribution in [3.8, 4) is 0 Å². The van der Waals surface area contributed by atoms with E-state index < -0.39 is 11.9 Å². The summed E-state index contributed by atoms with van der Waals surface area (Å²) >= 11 is 0. The smallest absolute Gasteiger partial charge is 0.274 e. The van der Waals surface area contributed by atoms with Crippen LogP contribution in [0.15, 0.2) is 84.9 Å². The fraction of sp³-hybridized carbons (Fsp3) is 0.115. The average molecular weight is 444 g/mol. The maximum absolute atomic E-state index is 13.1. The number of carbonyl (C=O) groups is 3. The van der Waals surface area contributed by atoms with Crippen molar-refractivity contribution in [3.63, 3.8) is 0 Å². The molecule has 1 atom stereocenters. The second-order valence-electron chi connectivity index (χ2n) is 7.29. The Morgan fingerprint density at radius 2 is 1.55 bits per heavy atom. The Bertz CT molecular complexity index is 1140. The van der Waals surface area contributed by atoms with Gasteiger partial charge in [-0.1, -0.05) is 60.7 Å². The van der Waals surface area contributed by atoms with E-state index in [1.807, 2.05) is 61.5 Å². The van der Waals surface area contributed by atoms with Gasteiger partial charge in [0.15, 0.2) is 0 Å². The van der Waals surface area contributed by atoms with Crippen LogP contribution in [0, 0.1) is 0 Å². The van der Waals surface area contributed by atoms with Gasteiger partial charge < -0.3 is 10.6 Å². The molecule has 3 aromatic rings. The normalized spacial score (nSPS) is 11.6. The van der Waals surface area contributed by atoms with Gasteiger partial charge in [-0.25, -0.2) is 5.48 Å². The van der Waals surface area contributed by atoms with Crippen LogP contribution < -0.4 is 16.1 Å². The van der Waals surface area contributed by atoms with Crippen molar-refractivity contribution in [3.05, 3.63) is 107 Å². The molecule has 0 saturated carbocycles. The van der Waals surface area contributed by atoms with Gasteiger partial charge in [-0.2, -0.15) is 0 Å². The Hall–Kier alpha value is -4.23. The molecule has 0 radical (unpaired) electrons. The van der Waals surface area contributed by atoms with Gasteiger partial charge >= 0.3 is 0 Å². The molecule has 7 heteroatoms. The maximum Gasteiger partial charge on any atom is 0.274 e. The lowest BCUT2D eigenvalue weighted by molar-refractivity contribution is -0.116. The first-order valence-corrected chi connectivity index (χ1v) is 10.4. The van der Waals surface area contributed by atoms with Crippen LogP contribution in [0.5, 0.6) is 0 Å². The van der Waals surface area contributed by atoms with Crippen LogP contribution in [0.2, 0.25) is 0 Å². The molecule has 33 heavy (non-hydrogen) atoms. The third-order valence-electron chi connectivity index (χ3n) is 4.98. The molecule has 0 aliphatic carbocycles. The second kappa shape index (κ2) is 11.4. The molecule has 3 rings (SSSR count). The van der Waals surface area contributed by atoms with E-state index >= 15 is 0 Å². The van der Waals surface area contributed by atoms with Crippen molar-refractivity contribution in [1.29, 1.82) is 0 Å². The Morgan fingerprint density at radius 1 is 0.879 bits per heavy atom. The molecule has 3 amide bonds. The highest BCUT2D eigenvalue weighted by atomic mass is 16.5. The van der Waals surface area contributed by atoms with E-state index in [1.165, 1.54) is 12.1 Å². The molecular formula is C26H25N3O4. The summed E-state index contributed by atoms with van der Waals surface area (Å²) in [4.78, 5) is 37.3. The Kier molecular flexibility index (Phi) is 8.10. The predicted octanol–water partition coefficient (Wildman–Crippen LogP) is 4.34. The van der Waals surface area contributed by atoms with E-state index in [0.29, 0.717) is 11.3 Å². The molecule has 0 heterocycles. The number of amides is 3. The van der Waals surface area contributed by atoms with E-state index in [4.69, 9.17) is 5.21 Å². The quantitative estimate of drug-likeness (QED) is 0.307. The van der Waals surface area contributed by atoms with Gasteiger partial charge in [0, 0.05) is 16.8 Å². The van der Waals surface area contributed by atoms with Crippen molar-refractivity contribution in [2.45, 2.75) is 19.4 Å². The molecule has 7 nitrogen and oxygen atoms in total. The molecule has 0 bridgehead atoms. The summed E-state index contributed by atoms with van der Waals surface area (Å²) in [7, 11) is 0. The summed E-state index contributed by atoms with van der Waals surface area (Å²) in [6.07, 6.45) is 3.74. The van der Waals surface area contributed by atoms with Crippen LogP contribution in [0.4, 0.5) is 5.69 Å². The van der Waals surface area contributed by atoms with E-state index in [1.54, 1.807) is 29.7 Å². The molecule has 0 aromatic heterocycles. The fourth-order valence-electron chi connectivity index (χ4n) is 3.37. The van der Waals surface area contributed by atoms with E-state index in [-0.39, 0.29) is 23.8 Å². The largest absolute Gasteiger partial charge is 0.345 e. The Balaban J connectivity index is 1.76. The SMILES string of the molecule is C/C=C/c1ccccc1C(=O)NC(CC(=O)Nc1ccc(C(=O)NO)cc1)c1ccccc1. The van der Waals surface area contributed by atoms with E-state index in [2.05, 4.69) is 10.6 Å². The number of rotatable bonds is 8. The van der Waals surface area contributed by atoms with Gasteiger partial charge in [-0.05, 0) is 48.4 Å². The molecule has 0 saturated heterocycles. The van der Waals surface area contributed by atoms with Crippen molar-refractivity contribution >= 4 is 29.5 Å². The molecule has 4 N–H and O–H groups in total. The molecule has 1 unspecified atom stereocenters. The highest BCUT2D eigenvalue weighted by Gasteiger charge is 2.20. The number of carbonyl (C=O) groups excluding carboxylic acids is 3. The zero-order valence-corrected chi connectivity index (χ0v) is 18.1. The number of nitrogens with one attached hydrogen (secondary N) is 3. The summed E-state index contributed by atoms with van der Waals surface area (Å²) in [5, 5.41) is 14.5. The fourth-order valence-corrected chi connectivity index (χ4v) is 3.37. The first-order valence-electron chi connectivity index (χ1n) is 10.4. The van der Waals surface area contributed by atoms with Crippen molar-refractivity contribution < 1.29 is 19.6 Å². The van der Waals surface area contributed by atoms with Gasteiger partial charge in [0.25, 0.3) is 11.8 Å². The molecular weight excluding hydrogens is 418 g/mol. The first kappa shape index (κ1) is 23.4. The average Bonchev–Trinajstić information content (AvgIpc) is 2.84. The molecule has 0 fully saturated rings. The standard InChI is InChI=1S/C26H25N3O4/c1-2-8-18-9-6-7-12-22(18)26(32)28-23(19-10-4-3-5-11-19)17-24(30)27-21-15-13-20(14-16-21)25(31)29-33/h2-16,23,33H,17H2,1H3,(H,27,30)(H,28,32)(H,29,31)/b8-2+. The third-order valence-corrected chi connectivity index (χ3v) is 4.98. The van der Waals surface area contributed by atoms with Crippen LogP contribution >= 0.6 is 0 Å². The first-order chi connectivity index (χ1) is 16.0. The van der Waals surface area contributed by atoms with Crippen molar-refractivity contribution in [2.24, 2.45) is 0 Å². The summed E-state index contributed by atoms with van der Waals surface area (Å²) < 4.78 is 0. The van der Waals surface area contributed by atoms with Crippen LogP contribution in [0.3, 0.4) is 0 Å². The maximum atomic E-state index is 13.1. The lowest BCUT2D eigenvalue weighted by Gasteiger charge is -2.20. The molecule has 0 aliphatic heterocycles.